The van der Waals surface area contributed by atoms with Crippen molar-refractivity contribution in [3.63, 3.8) is 0 Å². The van der Waals surface area contributed by atoms with Crippen LogP contribution in [0.1, 0.15) is 55.6 Å². The predicted molar refractivity (Wildman–Crippen MR) is 115 cm³/mol. The fourth-order valence-corrected chi connectivity index (χ4v) is 4.26. The number of rotatable bonds is 8. The van der Waals surface area contributed by atoms with Crippen LogP contribution < -0.4 is 10.1 Å². The number of hydrogen-bond acceptors (Lipinski definition) is 5. The van der Waals surface area contributed by atoms with Gasteiger partial charge in [0.2, 0.25) is 0 Å². The predicted octanol–water partition coefficient (Wildman–Crippen LogP) is 3.57. The Morgan fingerprint density at radius 3 is 2.83 bits per heavy atom. The maximum absolute atomic E-state index is 12.4. The summed E-state index contributed by atoms with van der Waals surface area (Å²) in [5.41, 5.74) is 2.39. The molecule has 3 atom stereocenters. The van der Waals surface area contributed by atoms with Gasteiger partial charge < -0.3 is 24.5 Å². The molecular weight excluding hydrogens is 368 g/mol. The van der Waals surface area contributed by atoms with Gasteiger partial charge in [0.25, 0.3) is 0 Å². The molecule has 0 bridgehead atoms. The SMILES string of the molecule is CCOC(=O)c1c(C)n(C)c2ccc(OC[C@H](O)CN[C@H]3CCCC[C@H]3C)cc12. The molecule has 2 N–H and O–H groups in total. The first-order valence-electron chi connectivity index (χ1n) is 10.7. The number of ether oxygens (including phenoxy) is 2. The maximum atomic E-state index is 12.4. The summed E-state index contributed by atoms with van der Waals surface area (Å²) in [4.78, 5) is 12.4. The molecule has 1 heterocycles. The molecule has 1 aliphatic carbocycles. The van der Waals surface area contributed by atoms with Gasteiger partial charge in [-0.3, -0.25) is 0 Å². The van der Waals surface area contributed by atoms with Crippen LogP contribution in [0.2, 0.25) is 0 Å². The van der Waals surface area contributed by atoms with E-state index in [9.17, 15) is 9.90 Å². The van der Waals surface area contributed by atoms with E-state index < -0.39 is 6.10 Å². The molecular formula is C23H34N2O4. The van der Waals surface area contributed by atoms with Gasteiger partial charge in [0.15, 0.2) is 0 Å². The molecule has 1 saturated carbocycles. The van der Waals surface area contributed by atoms with Gasteiger partial charge >= 0.3 is 5.97 Å². The highest BCUT2D eigenvalue weighted by Crippen LogP contribution is 2.29. The Balaban J connectivity index is 1.64. The van der Waals surface area contributed by atoms with Crippen LogP contribution >= 0.6 is 0 Å². The Hall–Kier alpha value is -2.05. The molecule has 1 aromatic carbocycles. The third-order valence-electron chi connectivity index (χ3n) is 6.11. The van der Waals surface area contributed by atoms with Crippen molar-refractivity contribution in [2.75, 3.05) is 19.8 Å². The molecule has 0 spiro atoms. The van der Waals surface area contributed by atoms with Crippen molar-refractivity contribution in [2.45, 2.75) is 58.6 Å². The number of esters is 1. The first kappa shape index (κ1) is 21.7. The molecule has 160 valence electrons. The van der Waals surface area contributed by atoms with Gasteiger partial charge in [0.1, 0.15) is 18.5 Å². The number of aromatic nitrogens is 1. The van der Waals surface area contributed by atoms with Crippen molar-refractivity contribution in [1.82, 2.24) is 9.88 Å². The number of hydrogen-bond donors (Lipinski definition) is 2. The molecule has 0 radical (unpaired) electrons. The van der Waals surface area contributed by atoms with Crippen LogP contribution in [0.25, 0.3) is 10.9 Å². The average Bonchev–Trinajstić information content (AvgIpc) is 2.96. The van der Waals surface area contributed by atoms with Crippen LogP contribution in [0.3, 0.4) is 0 Å². The first-order valence-corrected chi connectivity index (χ1v) is 10.7. The van der Waals surface area contributed by atoms with E-state index in [1.807, 2.05) is 36.7 Å². The molecule has 29 heavy (non-hydrogen) atoms. The lowest BCUT2D eigenvalue weighted by Crippen LogP contribution is -2.42. The van der Waals surface area contributed by atoms with Gasteiger partial charge in [0, 0.05) is 36.2 Å². The van der Waals surface area contributed by atoms with E-state index in [1.54, 1.807) is 6.92 Å². The van der Waals surface area contributed by atoms with Crippen LogP contribution in [0.15, 0.2) is 18.2 Å². The van der Waals surface area contributed by atoms with Crippen molar-refractivity contribution in [3.05, 3.63) is 29.5 Å². The molecule has 0 aliphatic heterocycles. The Bertz CT molecular complexity index is 845. The number of aryl methyl sites for hydroxylation is 1. The minimum absolute atomic E-state index is 0.208. The Morgan fingerprint density at radius 1 is 1.34 bits per heavy atom. The fraction of sp³-hybridized carbons (Fsp3) is 0.609. The number of fused-ring (bicyclic) bond motifs is 1. The average molecular weight is 403 g/mol. The summed E-state index contributed by atoms with van der Waals surface area (Å²) in [6, 6.07) is 6.15. The Labute approximate surface area is 173 Å². The minimum atomic E-state index is -0.582. The van der Waals surface area contributed by atoms with Gasteiger partial charge in [0.05, 0.1) is 12.2 Å². The monoisotopic (exact) mass is 402 g/mol. The van der Waals surface area contributed by atoms with E-state index in [0.717, 1.165) is 16.6 Å². The molecule has 6 nitrogen and oxygen atoms in total. The van der Waals surface area contributed by atoms with Crippen molar-refractivity contribution in [1.29, 1.82) is 0 Å². The standard InChI is InChI=1S/C23H34N2O4/c1-5-28-23(27)22-16(3)25(4)21-11-10-18(12-19(21)22)29-14-17(26)13-24-20-9-7-6-8-15(20)2/h10-12,15,17,20,24,26H,5-9,13-14H2,1-4H3/t15-,17-,20+/m1/s1. The highest BCUT2D eigenvalue weighted by Gasteiger charge is 2.22. The van der Waals surface area contributed by atoms with Crippen molar-refractivity contribution in [3.8, 4) is 5.75 Å². The summed E-state index contributed by atoms with van der Waals surface area (Å²) >= 11 is 0. The number of benzene rings is 1. The zero-order valence-corrected chi connectivity index (χ0v) is 18.0. The van der Waals surface area contributed by atoms with E-state index in [1.165, 1.54) is 25.7 Å². The second-order valence-corrected chi connectivity index (χ2v) is 8.16. The smallest absolute Gasteiger partial charge is 0.340 e. The molecule has 0 saturated heterocycles. The third kappa shape index (κ3) is 4.93. The molecule has 0 unspecified atom stereocenters. The number of aliphatic hydroxyl groups is 1. The highest BCUT2D eigenvalue weighted by molar-refractivity contribution is 6.06. The molecule has 0 amide bonds. The highest BCUT2D eigenvalue weighted by atomic mass is 16.5. The first-order chi connectivity index (χ1) is 13.9. The summed E-state index contributed by atoms with van der Waals surface area (Å²) in [6.07, 6.45) is 4.41. The second kappa shape index (κ2) is 9.63. The maximum Gasteiger partial charge on any atom is 0.340 e. The van der Waals surface area contributed by atoms with E-state index in [4.69, 9.17) is 9.47 Å². The van der Waals surface area contributed by atoms with E-state index >= 15 is 0 Å². The van der Waals surface area contributed by atoms with Crippen LogP contribution in [0.5, 0.6) is 5.75 Å². The van der Waals surface area contributed by atoms with Crippen LogP contribution in [-0.4, -0.2) is 47.5 Å². The van der Waals surface area contributed by atoms with Gasteiger partial charge in [-0.05, 0) is 50.8 Å². The fourth-order valence-electron chi connectivity index (χ4n) is 4.26. The van der Waals surface area contributed by atoms with Crippen molar-refractivity contribution < 1.29 is 19.4 Å². The molecule has 3 rings (SSSR count). The summed E-state index contributed by atoms with van der Waals surface area (Å²) in [5, 5.41) is 14.6. The number of nitrogens with one attached hydrogen (secondary N) is 1. The number of carbonyl (C=O) groups excluding carboxylic acids is 1. The molecule has 2 aromatic rings. The van der Waals surface area contributed by atoms with Gasteiger partial charge in [-0.2, -0.15) is 0 Å². The van der Waals surface area contributed by atoms with Gasteiger partial charge in [-0.25, -0.2) is 4.79 Å². The topological polar surface area (TPSA) is 72.7 Å². The normalized spacial score (nSPS) is 20.6. The number of nitrogens with zero attached hydrogens (tertiary/aromatic N) is 1. The van der Waals surface area contributed by atoms with Crippen molar-refractivity contribution >= 4 is 16.9 Å². The Morgan fingerprint density at radius 2 is 2.10 bits per heavy atom. The van der Waals surface area contributed by atoms with E-state index in [-0.39, 0.29) is 12.6 Å². The van der Waals surface area contributed by atoms with E-state index in [2.05, 4.69) is 12.2 Å². The minimum Gasteiger partial charge on any atom is -0.491 e. The number of carbonyl (C=O) groups is 1. The quantitative estimate of drug-likeness (QED) is 0.661. The van der Waals surface area contributed by atoms with Crippen molar-refractivity contribution in [2.24, 2.45) is 13.0 Å². The summed E-state index contributed by atoms with van der Waals surface area (Å²) in [5.74, 6) is 0.971. The molecule has 6 heteroatoms. The lowest BCUT2D eigenvalue weighted by atomic mass is 9.86. The largest absolute Gasteiger partial charge is 0.491 e. The molecule has 1 fully saturated rings. The molecule has 1 aromatic heterocycles. The second-order valence-electron chi connectivity index (χ2n) is 8.16. The lowest BCUT2D eigenvalue weighted by molar-refractivity contribution is 0.0527. The summed E-state index contributed by atoms with van der Waals surface area (Å²) in [6.45, 7) is 7.06. The Kier molecular flexibility index (Phi) is 7.19. The summed E-state index contributed by atoms with van der Waals surface area (Å²) in [7, 11) is 1.93. The zero-order valence-electron chi connectivity index (χ0n) is 18.0. The van der Waals surface area contributed by atoms with E-state index in [0.29, 0.717) is 36.4 Å². The number of aliphatic hydroxyl groups excluding tert-OH is 1. The van der Waals surface area contributed by atoms with Crippen LogP contribution in [-0.2, 0) is 11.8 Å². The third-order valence-corrected chi connectivity index (χ3v) is 6.11. The lowest BCUT2D eigenvalue weighted by Gasteiger charge is -2.30. The van der Waals surface area contributed by atoms with Gasteiger partial charge in [-0.1, -0.05) is 19.8 Å². The summed E-state index contributed by atoms with van der Waals surface area (Å²) < 4.78 is 13.0. The van der Waals surface area contributed by atoms with Crippen LogP contribution in [0, 0.1) is 12.8 Å². The van der Waals surface area contributed by atoms with Crippen LogP contribution in [0.4, 0.5) is 0 Å². The molecule has 1 aliphatic rings. The van der Waals surface area contributed by atoms with Gasteiger partial charge in [-0.15, -0.1) is 0 Å². The zero-order chi connectivity index (χ0) is 21.0.